The fourth-order valence-electron chi connectivity index (χ4n) is 3.55. The molecule has 2 aromatic rings. The summed E-state index contributed by atoms with van der Waals surface area (Å²) in [7, 11) is 1.97. The molecule has 3 heterocycles. The lowest BCUT2D eigenvalue weighted by Crippen LogP contribution is -2.38. The number of likely N-dealkylation sites (tertiary alicyclic amines) is 1. The third kappa shape index (κ3) is 3.31. The lowest BCUT2D eigenvalue weighted by molar-refractivity contribution is -0.132. The fourth-order valence-corrected chi connectivity index (χ4v) is 3.55. The zero-order chi connectivity index (χ0) is 17.2. The van der Waals surface area contributed by atoms with Crippen molar-refractivity contribution in [2.24, 2.45) is 7.05 Å². The SMILES string of the molecule is Cn1cnnc1C1CCN(C(=O)CCc2ccc3c(c2)OCO3)CC1. The van der Waals surface area contributed by atoms with Crippen molar-refractivity contribution in [3.8, 4) is 11.5 Å². The van der Waals surface area contributed by atoms with Crippen LogP contribution in [0.5, 0.6) is 11.5 Å². The number of aromatic nitrogens is 3. The zero-order valence-corrected chi connectivity index (χ0v) is 14.4. The summed E-state index contributed by atoms with van der Waals surface area (Å²) in [5, 5.41) is 8.15. The average molecular weight is 342 g/mol. The number of carbonyl (C=O) groups is 1. The van der Waals surface area contributed by atoms with Crippen LogP contribution in [0.1, 0.15) is 36.6 Å². The van der Waals surface area contributed by atoms with Crippen molar-refractivity contribution in [1.82, 2.24) is 19.7 Å². The number of piperidine rings is 1. The number of hydrogen-bond acceptors (Lipinski definition) is 5. The molecule has 0 N–H and O–H groups in total. The van der Waals surface area contributed by atoms with Gasteiger partial charge in [-0.1, -0.05) is 6.07 Å². The number of hydrogen-bond donors (Lipinski definition) is 0. The van der Waals surface area contributed by atoms with Crippen LogP contribution in [-0.2, 0) is 18.3 Å². The van der Waals surface area contributed by atoms with Gasteiger partial charge < -0.3 is 18.9 Å². The molecule has 1 aromatic carbocycles. The molecule has 25 heavy (non-hydrogen) atoms. The fraction of sp³-hybridized carbons (Fsp3) is 0.500. The van der Waals surface area contributed by atoms with Gasteiger partial charge in [0.25, 0.3) is 0 Å². The Balaban J connectivity index is 1.28. The van der Waals surface area contributed by atoms with Crippen molar-refractivity contribution in [2.45, 2.75) is 31.6 Å². The van der Waals surface area contributed by atoms with E-state index in [1.54, 1.807) is 6.33 Å². The van der Waals surface area contributed by atoms with Gasteiger partial charge in [0.1, 0.15) is 12.2 Å². The van der Waals surface area contributed by atoms with E-state index in [2.05, 4.69) is 10.2 Å². The molecule has 0 radical (unpaired) electrons. The number of amides is 1. The minimum Gasteiger partial charge on any atom is -0.454 e. The van der Waals surface area contributed by atoms with Gasteiger partial charge in [0.2, 0.25) is 12.7 Å². The highest BCUT2D eigenvalue weighted by Gasteiger charge is 2.26. The van der Waals surface area contributed by atoms with Crippen LogP contribution in [0.25, 0.3) is 0 Å². The molecule has 1 aromatic heterocycles. The second kappa shape index (κ2) is 6.74. The molecule has 2 aliphatic rings. The molecule has 1 amide bonds. The second-order valence-corrected chi connectivity index (χ2v) is 6.64. The lowest BCUT2D eigenvalue weighted by atomic mass is 9.95. The maximum absolute atomic E-state index is 12.5. The number of benzene rings is 1. The van der Waals surface area contributed by atoms with Gasteiger partial charge in [0.15, 0.2) is 11.5 Å². The quantitative estimate of drug-likeness (QED) is 0.848. The first-order valence-electron chi connectivity index (χ1n) is 8.71. The molecular weight excluding hydrogens is 320 g/mol. The Labute approximate surface area is 146 Å². The molecule has 0 saturated carbocycles. The Morgan fingerprint density at radius 2 is 2.04 bits per heavy atom. The molecule has 7 heteroatoms. The predicted octanol–water partition coefficient (Wildman–Crippen LogP) is 1.88. The van der Waals surface area contributed by atoms with Crippen molar-refractivity contribution >= 4 is 5.91 Å². The summed E-state index contributed by atoms with van der Waals surface area (Å²) < 4.78 is 12.7. The van der Waals surface area contributed by atoms with Crippen LogP contribution < -0.4 is 9.47 Å². The third-order valence-electron chi connectivity index (χ3n) is 5.02. The number of ether oxygens (including phenoxy) is 2. The van der Waals surface area contributed by atoms with E-state index < -0.39 is 0 Å². The van der Waals surface area contributed by atoms with Crippen molar-refractivity contribution in [2.75, 3.05) is 19.9 Å². The molecule has 0 unspecified atom stereocenters. The number of carbonyl (C=O) groups excluding carboxylic acids is 1. The summed E-state index contributed by atoms with van der Waals surface area (Å²) in [6.07, 6.45) is 4.87. The van der Waals surface area contributed by atoms with E-state index in [1.807, 2.05) is 34.7 Å². The third-order valence-corrected chi connectivity index (χ3v) is 5.02. The Morgan fingerprint density at radius 3 is 2.80 bits per heavy atom. The van der Waals surface area contributed by atoms with Gasteiger partial charge in [-0.2, -0.15) is 0 Å². The summed E-state index contributed by atoms with van der Waals surface area (Å²) in [6, 6.07) is 5.88. The standard InChI is InChI=1S/C18H22N4O3/c1-21-11-19-20-18(21)14-6-8-22(9-7-14)17(23)5-3-13-2-4-15-16(10-13)25-12-24-15/h2,4,10-11,14H,3,5-9,12H2,1H3. The normalized spacial score (nSPS) is 17.1. The molecular formula is C18H22N4O3. The van der Waals surface area contributed by atoms with Crippen LogP contribution in [-0.4, -0.2) is 45.5 Å². The van der Waals surface area contributed by atoms with Gasteiger partial charge in [-0.3, -0.25) is 4.79 Å². The molecule has 2 aliphatic heterocycles. The maximum Gasteiger partial charge on any atom is 0.231 e. The number of fused-ring (bicyclic) bond motifs is 1. The van der Waals surface area contributed by atoms with Gasteiger partial charge in [-0.05, 0) is 37.0 Å². The maximum atomic E-state index is 12.5. The Morgan fingerprint density at radius 1 is 1.24 bits per heavy atom. The first-order chi connectivity index (χ1) is 12.2. The number of aryl methyl sites for hydroxylation is 2. The van der Waals surface area contributed by atoms with Crippen molar-refractivity contribution < 1.29 is 14.3 Å². The second-order valence-electron chi connectivity index (χ2n) is 6.64. The topological polar surface area (TPSA) is 69.5 Å². The van der Waals surface area contributed by atoms with Crippen molar-refractivity contribution in [1.29, 1.82) is 0 Å². The van der Waals surface area contributed by atoms with Gasteiger partial charge in [0, 0.05) is 32.5 Å². The summed E-state index contributed by atoms with van der Waals surface area (Å²) in [4.78, 5) is 14.5. The molecule has 0 atom stereocenters. The van der Waals surface area contributed by atoms with Crippen molar-refractivity contribution in [3.05, 3.63) is 35.9 Å². The Bertz CT molecular complexity index is 765. The molecule has 0 aliphatic carbocycles. The molecule has 0 bridgehead atoms. The van der Waals surface area contributed by atoms with Crippen molar-refractivity contribution in [3.63, 3.8) is 0 Å². The first kappa shape index (κ1) is 15.9. The van der Waals surface area contributed by atoms with Gasteiger partial charge >= 0.3 is 0 Å². The van der Waals surface area contributed by atoms with Crippen LogP contribution in [0, 0.1) is 0 Å². The summed E-state index contributed by atoms with van der Waals surface area (Å²) in [5.41, 5.74) is 1.10. The van der Waals surface area contributed by atoms with Gasteiger partial charge in [-0.25, -0.2) is 0 Å². The lowest BCUT2D eigenvalue weighted by Gasteiger charge is -2.31. The predicted molar refractivity (Wildman–Crippen MR) is 90.4 cm³/mol. The summed E-state index contributed by atoms with van der Waals surface area (Å²) in [5.74, 6) is 3.18. The smallest absolute Gasteiger partial charge is 0.231 e. The summed E-state index contributed by atoms with van der Waals surface area (Å²) in [6.45, 7) is 1.85. The largest absolute Gasteiger partial charge is 0.454 e. The van der Waals surface area contributed by atoms with Gasteiger partial charge in [0.05, 0.1) is 0 Å². The van der Waals surface area contributed by atoms with E-state index in [1.165, 1.54) is 0 Å². The highest BCUT2D eigenvalue weighted by atomic mass is 16.7. The molecule has 1 fully saturated rings. The molecule has 7 nitrogen and oxygen atoms in total. The monoisotopic (exact) mass is 342 g/mol. The first-order valence-corrected chi connectivity index (χ1v) is 8.71. The van der Waals surface area contributed by atoms with E-state index >= 15 is 0 Å². The van der Waals surface area contributed by atoms with E-state index in [-0.39, 0.29) is 12.7 Å². The minimum absolute atomic E-state index is 0.217. The molecule has 0 spiro atoms. The average Bonchev–Trinajstić information content (AvgIpc) is 3.28. The Hall–Kier alpha value is -2.57. The summed E-state index contributed by atoms with van der Waals surface area (Å²) >= 11 is 0. The zero-order valence-electron chi connectivity index (χ0n) is 14.4. The van der Waals surface area contributed by atoms with E-state index in [0.29, 0.717) is 12.3 Å². The van der Waals surface area contributed by atoms with E-state index in [4.69, 9.17) is 9.47 Å². The van der Waals surface area contributed by atoms with Gasteiger partial charge in [-0.15, -0.1) is 10.2 Å². The van der Waals surface area contributed by atoms with Crippen LogP contribution in [0.3, 0.4) is 0 Å². The highest BCUT2D eigenvalue weighted by Crippen LogP contribution is 2.33. The minimum atomic E-state index is 0.217. The molecule has 4 rings (SSSR count). The molecule has 1 saturated heterocycles. The molecule has 132 valence electrons. The van der Waals surface area contributed by atoms with Crippen LogP contribution in [0.4, 0.5) is 0 Å². The number of nitrogens with zero attached hydrogens (tertiary/aromatic N) is 4. The highest BCUT2D eigenvalue weighted by molar-refractivity contribution is 5.76. The van der Waals surface area contributed by atoms with Crippen LogP contribution in [0.15, 0.2) is 24.5 Å². The number of rotatable bonds is 4. The van der Waals surface area contributed by atoms with E-state index in [9.17, 15) is 4.79 Å². The van der Waals surface area contributed by atoms with Crippen LogP contribution >= 0.6 is 0 Å². The van der Waals surface area contributed by atoms with Crippen LogP contribution in [0.2, 0.25) is 0 Å². The van der Waals surface area contributed by atoms with E-state index in [0.717, 1.165) is 55.2 Å². The Kier molecular flexibility index (Phi) is 4.29.